The highest BCUT2D eigenvalue weighted by Gasteiger charge is 2.17. The molecule has 0 saturated heterocycles. The van der Waals surface area contributed by atoms with E-state index >= 15 is 0 Å². The first-order valence-electron chi connectivity index (χ1n) is 10.1. The van der Waals surface area contributed by atoms with Gasteiger partial charge in [0.1, 0.15) is 0 Å². The molecule has 158 valence electrons. The summed E-state index contributed by atoms with van der Waals surface area (Å²) in [6.45, 7) is 4.05. The van der Waals surface area contributed by atoms with Crippen LogP contribution in [0, 0.1) is 0 Å². The Morgan fingerprint density at radius 1 is 1.00 bits per heavy atom. The zero-order valence-corrected chi connectivity index (χ0v) is 17.9. The van der Waals surface area contributed by atoms with Crippen molar-refractivity contribution in [1.82, 2.24) is 19.2 Å². The number of benzene rings is 3. The van der Waals surface area contributed by atoms with Crippen LogP contribution in [0.15, 0.2) is 89.3 Å². The fraction of sp³-hybridized carbons (Fsp3) is 0.0833. The van der Waals surface area contributed by atoms with Crippen molar-refractivity contribution in [3.8, 4) is 0 Å². The van der Waals surface area contributed by atoms with Crippen LogP contribution in [-0.2, 0) is 11.3 Å². The number of hydrogen-bond acceptors (Lipinski definition) is 5. The van der Waals surface area contributed by atoms with Gasteiger partial charge in [-0.25, -0.2) is 0 Å². The molecule has 1 amide bonds. The summed E-state index contributed by atoms with van der Waals surface area (Å²) in [6, 6.07) is 21.0. The summed E-state index contributed by atoms with van der Waals surface area (Å²) in [6.07, 6.45) is 1.65. The number of allylic oxidation sites excluding steroid dienone is 1. The maximum Gasteiger partial charge on any atom is 0.263 e. The number of rotatable bonds is 6. The third-order valence-electron chi connectivity index (χ3n) is 5.19. The molecular formula is C24H19N5O2S. The molecule has 0 aliphatic heterocycles. The minimum absolute atomic E-state index is 0.146. The van der Waals surface area contributed by atoms with Crippen LogP contribution in [0.25, 0.3) is 27.5 Å². The number of carbonyl (C=O) groups is 1. The molecule has 0 unspecified atom stereocenters. The van der Waals surface area contributed by atoms with Crippen LogP contribution in [0.5, 0.6) is 0 Å². The first kappa shape index (κ1) is 20.0. The van der Waals surface area contributed by atoms with E-state index in [2.05, 4.69) is 22.1 Å². The summed E-state index contributed by atoms with van der Waals surface area (Å²) in [5, 5.41) is 14.6. The minimum Gasteiger partial charge on any atom is -0.325 e. The van der Waals surface area contributed by atoms with Crippen LogP contribution in [0.3, 0.4) is 0 Å². The van der Waals surface area contributed by atoms with Crippen LogP contribution in [0.2, 0.25) is 0 Å². The molecule has 0 aliphatic rings. The molecule has 32 heavy (non-hydrogen) atoms. The number of hydrogen-bond donors (Lipinski definition) is 1. The monoisotopic (exact) mass is 441 g/mol. The molecule has 8 heteroatoms. The average Bonchev–Trinajstić information content (AvgIpc) is 3.25. The summed E-state index contributed by atoms with van der Waals surface area (Å²) in [4.78, 5) is 25.6. The van der Waals surface area contributed by atoms with Gasteiger partial charge in [0, 0.05) is 17.6 Å². The smallest absolute Gasteiger partial charge is 0.263 e. The average molecular weight is 442 g/mol. The number of amides is 1. The van der Waals surface area contributed by atoms with Gasteiger partial charge in [0.05, 0.1) is 16.7 Å². The second-order valence-corrected chi connectivity index (χ2v) is 8.15. The highest BCUT2D eigenvalue weighted by Crippen LogP contribution is 2.25. The van der Waals surface area contributed by atoms with E-state index in [0.29, 0.717) is 28.4 Å². The third kappa shape index (κ3) is 3.44. The van der Waals surface area contributed by atoms with Gasteiger partial charge in [-0.3, -0.25) is 18.6 Å². The van der Waals surface area contributed by atoms with Gasteiger partial charge in [0.2, 0.25) is 11.7 Å². The van der Waals surface area contributed by atoms with E-state index in [1.165, 1.54) is 16.3 Å². The number of nitrogens with zero attached hydrogens (tertiary/aromatic N) is 4. The molecule has 0 bridgehead atoms. The van der Waals surface area contributed by atoms with E-state index < -0.39 is 0 Å². The van der Waals surface area contributed by atoms with Crippen LogP contribution < -0.4 is 10.9 Å². The summed E-state index contributed by atoms with van der Waals surface area (Å²) in [7, 11) is 0. The molecule has 2 aromatic heterocycles. The van der Waals surface area contributed by atoms with Crippen LogP contribution in [0.4, 0.5) is 5.69 Å². The molecule has 0 fully saturated rings. The van der Waals surface area contributed by atoms with Gasteiger partial charge in [0.25, 0.3) is 5.56 Å². The second-order valence-electron chi connectivity index (χ2n) is 7.20. The number of aromatic nitrogens is 4. The Morgan fingerprint density at radius 2 is 1.75 bits per heavy atom. The second kappa shape index (κ2) is 8.32. The fourth-order valence-electron chi connectivity index (χ4n) is 3.77. The Balaban J connectivity index is 1.46. The number of fused-ring (bicyclic) bond motifs is 4. The van der Waals surface area contributed by atoms with Gasteiger partial charge in [-0.2, -0.15) is 0 Å². The van der Waals surface area contributed by atoms with Crippen molar-refractivity contribution in [2.45, 2.75) is 11.7 Å². The van der Waals surface area contributed by atoms with E-state index in [1.54, 1.807) is 12.1 Å². The largest absolute Gasteiger partial charge is 0.325 e. The zero-order chi connectivity index (χ0) is 22.1. The fourth-order valence-corrected chi connectivity index (χ4v) is 4.51. The van der Waals surface area contributed by atoms with Gasteiger partial charge in [0.15, 0.2) is 5.16 Å². The molecule has 0 radical (unpaired) electrons. The van der Waals surface area contributed by atoms with Crippen molar-refractivity contribution in [3.05, 3.63) is 89.7 Å². The number of thioether (sulfide) groups is 1. The van der Waals surface area contributed by atoms with E-state index in [4.69, 9.17) is 0 Å². The molecule has 0 saturated carbocycles. The van der Waals surface area contributed by atoms with Gasteiger partial charge >= 0.3 is 0 Å². The lowest BCUT2D eigenvalue weighted by molar-refractivity contribution is -0.113. The van der Waals surface area contributed by atoms with E-state index in [0.717, 1.165) is 16.5 Å². The number of para-hydroxylation sites is 1. The SMILES string of the molecule is C=CCn1c(=O)c2ccccc2n2c(SCC(=O)Nc3cccc4ccccc34)nnc12. The van der Waals surface area contributed by atoms with Gasteiger partial charge in [-0.15, -0.1) is 16.8 Å². The summed E-state index contributed by atoms with van der Waals surface area (Å²) >= 11 is 1.27. The molecule has 2 heterocycles. The summed E-state index contributed by atoms with van der Waals surface area (Å²) in [5.41, 5.74) is 1.32. The number of nitrogens with one attached hydrogen (secondary N) is 1. The quantitative estimate of drug-likeness (QED) is 0.317. The molecule has 1 N–H and O–H groups in total. The first-order valence-corrected chi connectivity index (χ1v) is 11.0. The molecule has 7 nitrogen and oxygen atoms in total. The van der Waals surface area contributed by atoms with Crippen LogP contribution in [0.1, 0.15) is 0 Å². The van der Waals surface area contributed by atoms with E-state index in [1.807, 2.05) is 65.1 Å². The highest BCUT2D eigenvalue weighted by atomic mass is 32.2. The van der Waals surface area contributed by atoms with Crippen molar-refractivity contribution < 1.29 is 4.79 Å². The predicted octanol–water partition coefficient (Wildman–Crippen LogP) is 4.11. The van der Waals surface area contributed by atoms with Crippen molar-refractivity contribution in [2.24, 2.45) is 0 Å². The minimum atomic E-state index is -0.148. The first-order chi connectivity index (χ1) is 15.7. The Hall–Kier alpha value is -3.91. The Labute approximate surface area is 187 Å². The lowest BCUT2D eigenvalue weighted by atomic mass is 10.1. The normalized spacial score (nSPS) is 11.2. The number of anilines is 1. The molecule has 0 aliphatic carbocycles. The van der Waals surface area contributed by atoms with Crippen molar-refractivity contribution >= 4 is 50.8 Å². The Morgan fingerprint density at radius 3 is 2.59 bits per heavy atom. The maximum atomic E-state index is 12.9. The van der Waals surface area contributed by atoms with E-state index in [-0.39, 0.29) is 17.2 Å². The lowest BCUT2D eigenvalue weighted by Crippen LogP contribution is -2.22. The van der Waals surface area contributed by atoms with Crippen LogP contribution in [-0.4, -0.2) is 30.8 Å². The van der Waals surface area contributed by atoms with Crippen molar-refractivity contribution in [1.29, 1.82) is 0 Å². The third-order valence-corrected chi connectivity index (χ3v) is 6.11. The standard InChI is InChI=1S/C24H19N5O2S/c1-2-14-28-22(31)18-11-5-6-13-20(18)29-23(28)26-27-24(29)32-15-21(30)25-19-12-7-9-16-8-3-4-10-17(16)19/h2-13H,1,14-15H2,(H,25,30). The van der Waals surface area contributed by atoms with Crippen molar-refractivity contribution in [2.75, 3.05) is 11.1 Å². The lowest BCUT2D eigenvalue weighted by Gasteiger charge is -2.10. The molecule has 3 aromatic carbocycles. The number of carbonyl (C=O) groups excluding carboxylic acids is 1. The molecule has 0 spiro atoms. The van der Waals surface area contributed by atoms with E-state index in [9.17, 15) is 9.59 Å². The highest BCUT2D eigenvalue weighted by molar-refractivity contribution is 7.99. The van der Waals surface area contributed by atoms with Crippen LogP contribution >= 0.6 is 11.8 Å². The molecular weight excluding hydrogens is 422 g/mol. The van der Waals surface area contributed by atoms with Gasteiger partial charge in [-0.1, -0.05) is 66.4 Å². The Bertz CT molecular complexity index is 1550. The molecule has 5 rings (SSSR count). The van der Waals surface area contributed by atoms with Crippen molar-refractivity contribution in [3.63, 3.8) is 0 Å². The molecule has 5 aromatic rings. The van der Waals surface area contributed by atoms with Gasteiger partial charge in [-0.05, 0) is 23.6 Å². The predicted molar refractivity (Wildman–Crippen MR) is 128 cm³/mol. The molecule has 0 atom stereocenters. The maximum absolute atomic E-state index is 12.9. The topological polar surface area (TPSA) is 81.3 Å². The zero-order valence-electron chi connectivity index (χ0n) is 17.1. The van der Waals surface area contributed by atoms with Gasteiger partial charge < -0.3 is 5.32 Å². The summed E-state index contributed by atoms with van der Waals surface area (Å²) < 4.78 is 3.35. The Kier molecular flexibility index (Phi) is 5.20. The summed E-state index contributed by atoms with van der Waals surface area (Å²) in [5.74, 6) is 0.427.